The molecule has 1 unspecified atom stereocenters. The first-order valence-corrected chi connectivity index (χ1v) is 10.9. The molecule has 2 aliphatic carbocycles. The number of aryl methyl sites for hydroxylation is 2. The van der Waals surface area contributed by atoms with Crippen LogP contribution in [0, 0.1) is 12.7 Å². The van der Waals surface area contributed by atoms with E-state index in [1.54, 1.807) is 6.20 Å². The van der Waals surface area contributed by atoms with Gasteiger partial charge >= 0.3 is 0 Å². The van der Waals surface area contributed by atoms with Crippen LogP contribution in [0.1, 0.15) is 71.1 Å². The Hall–Kier alpha value is -2.31. The van der Waals surface area contributed by atoms with Crippen LogP contribution in [0.2, 0.25) is 0 Å². The topological polar surface area (TPSA) is 59.3 Å². The zero-order chi connectivity index (χ0) is 20.4. The van der Waals surface area contributed by atoms with Gasteiger partial charge in [-0.25, -0.2) is 4.39 Å². The van der Waals surface area contributed by atoms with E-state index in [-0.39, 0.29) is 22.8 Å². The maximum atomic E-state index is 15.3. The second-order valence-corrected chi connectivity index (χ2v) is 9.36. The fourth-order valence-corrected chi connectivity index (χ4v) is 5.89. The molecule has 0 saturated heterocycles. The van der Waals surface area contributed by atoms with Crippen molar-refractivity contribution < 1.29 is 14.3 Å². The molecule has 0 radical (unpaired) electrons. The first kappa shape index (κ1) is 18.7. The normalized spacial score (nSPS) is 18.8. The molecule has 4 nitrogen and oxygen atoms in total. The molecule has 5 rings (SSSR count). The minimum absolute atomic E-state index is 0.116. The van der Waals surface area contributed by atoms with Crippen LogP contribution in [0.4, 0.5) is 4.39 Å². The van der Waals surface area contributed by atoms with Crippen molar-refractivity contribution >= 4 is 28.0 Å². The Labute approximate surface area is 171 Å². The van der Waals surface area contributed by atoms with E-state index < -0.39 is 17.3 Å². The highest BCUT2D eigenvalue weighted by molar-refractivity contribution is 7.15. The number of ketones is 1. The SMILES string of the molecule is CC(=O)c1cn(C2CC2)c2c(C)c(-c3cc4c(s3)CCCC4O)c(F)cc2c1=O. The average molecular weight is 411 g/mol. The van der Waals surface area contributed by atoms with E-state index in [0.29, 0.717) is 16.6 Å². The van der Waals surface area contributed by atoms with Crippen LogP contribution in [0.25, 0.3) is 21.3 Å². The Morgan fingerprint density at radius 2 is 2.03 bits per heavy atom. The molecule has 29 heavy (non-hydrogen) atoms. The van der Waals surface area contributed by atoms with Crippen molar-refractivity contribution in [3.63, 3.8) is 0 Å². The van der Waals surface area contributed by atoms with Crippen molar-refractivity contribution in [1.82, 2.24) is 4.57 Å². The molecule has 1 atom stereocenters. The maximum absolute atomic E-state index is 15.3. The van der Waals surface area contributed by atoms with Gasteiger partial charge in [-0.2, -0.15) is 0 Å². The van der Waals surface area contributed by atoms with Gasteiger partial charge in [0.1, 0.15) is 5.82 Å². The molecule has 1 fully saturated rings. The number of carbonyl (C=O) groups is 1. The summed E-state index contributed by atoms with van der Waals surface area (Å²) in [6, 6.07) is 3.44. The third-order valence-electron chi connectivity index (χ3n) is 6.16. The molecule has 1 N–H and O–H groups in total. The highest BCUT2D eigenvalue weighted by Crippen LogP contribution is 2.44. The summed E-state index contributed by atoms with van der Waals surface area (Å²) in [5.74, 6) is -0.753. The number of fused-ring (bicyclic) bond motifs is 2. The molecule has 2 aliphatic rings. The highest BCUT2D eigenvalue weighted by atomic mass is 32.1. The number of halogens is 1. The molecule has 0 spiro atoms. The average Bonchev–Trinajstić information content (AvgIpc) is 3.42. The fourth-order valence-electron chi connectivity index (χ4n) is 4.53. The molecule has 150 valence electrons. The van der Waals surface area contributed by atoms with Crippen LogP contribution in [-0.4, -0.2) is 15.5 Å². The van der Waals surface area contributed by atoms with Gasteiger partial charge in [0, 0.05) is 32.9 Å². The quantitative estimate of drug-likeness (QED) is 0.611. The molecule has 0 aliphatic heterocycles. The zero-order valence-electron chi connectivity index (χ0n) is 16.4. The number of hydrogen-bond donors (Lipinski definition) is 1. The van der Waals surface area contributed by atoms with Gasteiger partial charge < -0.3 is 9.67 Å². The second kappa shape index (κ2) is 6.61. The molecule has 2 aromatic heterocycles. The van der Waals surface area contributed by atoms with E-state index in [1.165, 1.54) is 24.3 Å². The van der Waals surface area contributed by atoms with E-state index in [9.17, 15) is 14.7 Å². The summed E-state index contributed by atoms with van der Waals surface area (Å²) in [5.41, 5.74) is 2.54. The van der Waals surface area contributed by atoms with Crippen molar-refractivity contribution in [3.05, 3.63) is 55.9 Å². The van der Waals surface area contributed by atoms with Crippen LogP contribution in [0.15, 0.2) is 23.1 Å². The van der Waals surface area contributed by atoms with Gasteiger partial charge in [0.15, 0.2) is 11.2 Å². The Kier molecular flexibility index (Phi) is 4.26. The summed E-state index contributed by atoms with van der Waals surface area (Å²) in [5, 5.41) is 10.6. The van der Waals surface area contributed by atoms with Gasteiger partial charge in [-0.1, -0.05) is 0 Å². The number of carbonyl (C=O) groups excluding carboxylic acids is 1. The van der Waals surface area contributed by atoms with Crippen LogP contribution in [0.5, 0.6) is 0 Å². The van der Waals surface area contributed by atoms with Crippen molar-refractivity contribution in [2.24, 2.45) is 0 Å². The molecule has 0 amide bonds. The monoisotopic (exact) mass is 411 g/mol. The van der Waals surface area contributed by atoms with Gasteiger partial charge in [-0.15, -0.1) is 11.3 Å². The first-order valence-electron chi connectivity index (χ1n) is 10.1. The first-order chi connectivity index (χ1) is 13.9. The van der Waals surface area contributed by atoms with E-state index in [0.717, 1.165) is 47.4 Å². The van der Waals surface area contributed by atoms with Crippen molar-refractivity contribution in [1.29, 1.82) is 0 Å². The zero-order valence-corrected chi connectivity index (χ0v) is 17.2. The van der Waals surface area contributed by atoms with Crippen LogP contribution >= 0.6 is 11.3 Å². The van der Waals surface area contributed by atoms with Crippen molar-refractivity contribution in [2.75, 3.05) is 0 Å². The molecule has 3 aromatic rings. The summed E-state index contributed by atoms with van der Waals surface area (Å²) in [6.07, 6.45) is 5.71. The Morgan fingerprint density at radius 3 is 2.69 bits per heavy atom. The van der Waals surface area contributed by atoms with Gasteiger partial charge in [-0.3, -0.25) is 9.59 Å². The molecular weight excluding hydrogens is 389 g/mol. The molecule has 1 aromatic carbocycles. The lowest BCUT2D eigenvalue weighted by Gasteiger charge is -2.17. The summed E-state index contributed by atoms with van der Waals surface area (Å²) < 4.78 is 17.3. The number of aliphatic hydroxyl groups excluding tert-OH is 1. The van der Waals surface area contributed by atoms with E-state index in [4.69, 9.17) is 0 Å². The summed E-state index contributed by atoms with van der Waals surface area (Å²) in [4.78, 5) is 26.8. The van der Waals surface area contributed by atoms with Crippen molar-refractivity contribution in [2.45, 2.75) is 58.1 Å². The lowest BCUT2D eigenvalue weighted by atomic mass is 9.94. The third kappa shape index (κ3) is 2.89. The number of nitrogens with zero attached hydrogens (tertiary/aromatic N) is 1. The van der Waals surface area contributed by atoms with E-state index in [1.807, 2.05) is 17.6 Å². The Morgan fingerprint density at radius 1 is 1.28 bits per heavy atom. The number of Topliss-reactive ketones (excluding diaryl/α,β-unsaturated/α-hetero) is 1. The predicted octanol–water partition coefficient (Wildman–Crippen LogP) is 5.08. The van der Waals surface area contributed by atoms with E-state index in [2.05, 4.69) is 0 Å². The minimum atomic E-state index is -0.490. The van der Waals surface area contributed by atoms with Crippen LogP contribution in [-0.2, 0) is 6.42 Å². The minimum Gasteiger partial charge on any atom is -0.388 e. The summed E-state index contributed by atoms with van der Waals surface area (Å²) >= 11 is 1.53. The summed E-state index contributed by atoms with van der Waals surface area (Å²) in [7, 11) is 0. The number of hydrogen-bond acceptors (Lipinski definition) is 4. The van der Waals surface area contributed by atoms with Crippen LogP contribution < -0.4 is 5.43 Å². The smallest absolute Gasteiger partial charge is 0.200 e. The largest absolute Gasteiger partial charge is 0.388 e. The van der Waals surface area contributed by atoms with Gasteiger partial charge in [0.05, 0.1) is 17.2 Å². The predicted molar refractivity (Wildman–Crippen MR) is 112 cm³/mol. The van der Waals surface area contributed by atoms with Crippen molar-refractivity contribution in [3.8, 4) is 10.4 Å². The van der Waals surface area contributed by atoms with Gasteiger partial charge in [-0.05, 0) is 69.2 Å². The summed E-state index contributed by atoms with van der Waals surface area (Å²) in [6.45, 7) is 3.22. The molecule has 0 bridgehead atoms. The number of benzene rings is 1. The number of aromatic nitrogens is 1. The highest BCUT2D eigenvalue weighted by Gasteiger charge is 2.29. The number of rotatable bonds is 3. The molecule has 1 saturated carbocycles. The fraction of sp³-hybridized carbons (Fsp3) is 0.391. The third-order valence-corrected chi connectivity index (χ3v) is 7.39. The van der Waals surface area contributed by atoms with Gasteiger partial charge in [0.25, 0.3) is 0 Å². The Balaban J connectivity index is 1.81. The maximum Gasteiger partial charge on any atom is 0.200 e. The standard InChI is InChI=1S/C23H22FNO3S/c1-11-21(20-9-14-18(27)4-3-5-19(14)29-20)17(24)8-15-22(11)25(13-6-7-13)10-16(12(2)26)23(15)28/h8-10,13,18,27H,3-7H2,1-2H3. The lowest BCUT2D eigenvalue weighted by Crippen LogP contribution is -2.18. The Bertz CT molecular complexity index is 1240. The second-order valence-electron chi connectivity index (χ2n) is 8.22. The molecule has 6 heteroatoms. The number of pyridine rings is 1. The van der Waals surface area contributed by atoms with Gasteiger partial charge in [0.2, 0.25) is 0 Å². The molecular formula is C23H22FNO3S. The molecule has 2 heterocycles. The number of aliphatic hydroxyl groups is 1. The van der Waals surface area contributed by atoms with E-state index >= 15 is 4.39 Å². The van der Waals surface area contributed by atoms with Crippen LogP contribution in [0.3, 0.4) is 0 Å². The number of thiophene rings is 1. The lowest BCUT2D eigenvalue weighted by molar-refractivity contribution is 0.101.